The van der Waals surface area contributed by atoms with Crippen molar-refractivity contribution in [2.24, 2.45) is 16.9 Å². The summed E-state index contributed by atoms with van der Waals surface area (Å²) < 4.78 is 0. The molecule has 0 saturated carbocycles. The van der Waals surface area contributed by atoms with E-state index in [9.17, 15) is 15.3 Å². The number of nitrogens with one attached hydrogen (secondary N) is 1. The van der Waals surface area contributed by atoms with Crippen LogP contribution in [0.2, 0.25) is 5.02 Å². The summed E-state index contributed by atoms with van der Waals surface area (Å²) in [5.41, 5.74) is 3.68. The lowest BCUT2D eigenvalue weighted by Gasteiger charge is -2.23. The van der Waals surface area contributed by atoms with E-state index >= 15 is 0 Å². The van der Waals surface area contributed by atoms with Crippen LogP contribution in [0.25, 0.3) is 0 Å². The van der Waals surface area contributed by atoms with Crippen LogP contribution in [0.4, 0.5) is 0 Å². The molecule has 0 fully saturated rings. The van der Waals surface area contributed by atoms with E-state index in [1.54, 1.807) is 31.2 Å². The van der Waals surface area contributed by atoms with E-state index in [0.717, 1.165) is 5.56 Å². The zero-order chi connectivity index (χ0) is 14.7. The average Bonchev–Trinajstić information content (AvgIpc) is 2.77. The van der Waals surface area contributed by atoms with Crippen molar-refractivity contribution in [2.75, 3.05) is 0 Å². The molecule has 1 aliphatic rings. The summed E-state index contributed by atoms with van der Waals surface area (Å²) in [5.74, 6) is -2.40. The van der Waals surface area contributed by atoms with Crippen LogP contribution in [0.15, 0.2) is 29.4 Å². The summed E-state index contributed by atoms with van der Waals surface area (Å²) in [6.45, 7) is 1.71. The van der Waals surface area contributed by atoms with E-state index in [4.69, 9.17) is 11.6 Å². The Morgan fingerprint density at radius 3 is 2.35 bits per heavy atom. The fraction of sp³-hybridized carbons (Fsp3) is 0.286. The van der Waals surface area contributed by atoms with Gasteiger partial charge in [0, 0.05) is 16.7 Å². The van der Waals surface area contributed by atoms with Crippen LogP contribution in [0.1, 0.15) is 18.4 Å². The molecule has 0 aliphatic carbocycles. The van der Waals surface area contributed by atoms with Crippen molar-refractivity contribution in [2.45, 2.75) is 12.8 Å². The van der Waals surface area contributed by atoms with Gasteiger partial charge in [0.2, 0.25) is 5.91 Å². The molecule has 0 aromatic heterocycles. The molecule has 1 N–H and O–H groups in total. The summed E-state index contributed by atoms with van der Waals surface area (Å²) in [6.07, 6.45) is 0. The van der Waals surface area contributed by atoms with E-state index in [0.29, 0.717) is 10.7 Å². The van der Waals surface area contributed by atoms with Gasteiger partial charge in [0.25, 0.3) is 0 Å². The molecule has 0 bridgehead atoms. The van der Waals surface area contributed by atoms with Gasteiger partial charge < -0.3 is 0 Å². The third-order valence-corrected chi connectivity index (χ3v) is 3.58. The summed E-state index contributed by atoms with van der Waals surface area (Å²) in [7, 11) is 0. The van der Waals surface area contributed by atoms with Crippen LogP contribution in [0, 0.1) is 34.5 Å². The molecule has 1 aliphatic heterocycles. The first-order chi connectivity index (χ1) is 9.58. The van der Waals surface area contributed by atoms with E-state index < -0.39 is 17.8 Å². The minimum atomic E-state index is -0.935. The summed E-state index contributed by atoms with van der Waals surface area (Å²) in [5, 5.41) is 22.8. The molecule has 0 unspecified atom stereocenters. The standard InChI is InChI=1S/C14H11ClN4O/c1-8-12(14(20)19-18-8)13(10(6-16)7-17)9-2-4-11(15)5-3-9/h2-5,10,12-13H,1H3,(H,19,20)/t12-,13+/m1/s1. The molecule has 1 heterocycles. The predicted octanol–water partition coefficient (Wildman–Crippen LogP) is 2.21. The number of hydrogen-bond acceptors (Lipinski definition) is 4. The second kappa shape index (κ2) is 5.73. The molecule has 1 aromatic rings. The molecule has 2 rings (SSSR count). The topological polar surface area (TPSA) is 89.0 Å². The van der Waals surface area contributed by atoms with Gasteiger partial charge in [0.15, 0.2) is 0 Å². The summed E-state index contributed by atoms with van der Waals surface area (Å²) in [4.78, 5) is 11.9. The third kappa shape index (κ3) is 2.49. The highest BCUT2D eigenvalue weighted by Crippen LogP contribution is 2.35. The van der Waals surface area contributed by atoms with E-state index in [1.807, 2.05) is 12.1 Å². The number of hydrogen-bond donors (Lipinski definition) is 1. The number of carbonyl (C=O) groups excluding carboxylic acids is 1. The molecular formula is C14H11ClN4O. The fourth-order valence-electron chi connectivity index (χ4n) is 2.35. The highest BCUT2D eigenvalue weighted by atomic mass is 35.5. The molecule has 5 nitrogen and oxygen atoms in total. The number of amides is 1. The quantitative estimate of drug-likeness (QED) is 0.924. The highest BCUT2D eigenvalue weighted by molar-refractivity contribution is 6.30. The number of nitriles is 2. The first kappa shape index (κ1) is 14.0. The minimum absolute atomic E-state index is 0.294. The van der Waals surface area contributed by atoms with Gasteiger partial charge >= 0.3 is 0 Å². The molecule has 1 aromatic carbocycles. The van der Waals surface area contributed by atoms with Crippen LogP contribution >= 0.6 is 11.6 Å². The fourth-order valence-corrected chi connectivity index (χ4v) is 2.47. The average molecular weight is 287 g/mol. The molecule has 6 heteroatoms. The van der Waals surface area contributed by atoms with Crippen LogP contribution < -0.4 is 5.43 Å². The van der Waals surface area contributed by atoms with Crippen molar-refractivity contribution in [1.82, 2.24) is 5.43 Å². The Labute approximate surface area is 121 Å². The molecule has 0 spiro atoms. The number of hydrazone groups is 1. The van der Waals surface area contributed by atoms with Crippen molar-refractivity contribution in [3.63, 3.8) is 0 Å². The largest absolute Gasteiger partial charge is 0.272 e. The van der Waals surface area contributed by atoms with Gasteiger partial charge in [-0.2, -0.15) is 15.6 Å². The Kier molecular flexibility index (Phi) is 4.02. The van der Waals surface area contributed by atoms with Gasteiger partial charge in [-0.15, -0.1) is 0 Å². The maximum atomic E-state index is 11.9. The zero-order valence-electron chi connectivity index (χ0n) is 10.7. The Morgan fingerprint density at radius 1 is 1.30 bits per heavy atom. The van der Waals surface area contributed by atoms with Crippen molar-refractivity contribution in [1.29, 1.82) is 10.5 Å². The number of rotatable bonds is 3. The molecule has 100 valence electrons. The first-order valence-electron chi connectivity index (χ1n) is 5.97. The molecule has 2 atom stereocenters. The van der Waals surface area contributed by atoms with Gasteiger partial charge in [0.1, 0.15) is 5.92 Å². The third-order valence-electron chi connectivity index (χ3n) is 3.33. The van der Waals surface area contributed by atoms with Crippen molar-refractivity contribution in [3.8, 4) is 12.1 Å². The van der Waals surface area contributed by atoms with Crippen LogP contribution in [-0.2, 0) is 4.79 Å². The second-order valence-electron chi connectivity index (χ2n) is 4.52. The van der Waals surface area contributed by atoms with E-state index in [1.165, 1.54) is 0 Å². The molecule has 0 radical (unpaired) electrons. The van der Waals surface area contributed by atoms with E-state index in [-0.39, 0.29) is 5.91 Å². The normalized spacial score (nSPS) is 18.9. The highest BCUT2D eigenvalue weighted by Gasteiger charge is 2.40. The van der Waals surface area contributed by atoms with Crippen LogP contribution in [0.5, 0.6) is 0 Å². The van der Waals surface area contributed by atoms with Crippen molar-refractivity contribution < 1.29 is 4.79 Å². The lowest BCUT2D eigenvalue weighted by atomic mass is 9.76. The van der Waals surface area contributed by atoms with Crippen LogP contribution in [0.3, 0.4) is 0 Å². The predicted molar refractivity (Wildman–Crippen MR) is 73.7 cm³/mol. The maximum absolute atomic E-state index is 11.9. The molecule has 0 saturated heterocycles. The number of carbonyl (C=O) groups is 1. The van der Waals surface area contributed by atoms with Gasteiger partial charge in [-0.05, 0) is 24.6 Å². The Balaban J connectivity index is 2.48. The van der Waals surface area contributed by atoms with Crippen molar-refractivity contribution >= 4 is 23.2 Å². The Bertz CT molecular complexity index is 625. The number of nitrogens with zero attached hydrogens (tertiary/aromatic N) is 3. The van der Waals surface area contributed by atoms with Crippen molar-refractivity contribution in [3.05, 3.63) is 34.9 Å². The molecular weight excluding hydrogens is 276 g/mol. The lowest BCUT2D eigenvalue weighted by molar-refractivity contribution is -0.122. The summed E-state index contributed by atoms with van der Waals surface area (Å²) in [6, 6.07) is 10.7. The second-order valence-corrected chi connectivity index (χ2v) is 4.96. The van der Waals surface area contributed by atoms with E-state index in [2.05, 4.69) is 10.5 Å². The maximum Gasteiger partial charge on any atom is 0.249 e. The van der Waals surface area contributed by atoms with Gasteiger partial charge in [-0.3, -0.25) is 4.79 Å². The molecule has 20 heavy (non-hydrogen) atoms. The number of benzene rings is 1. The molecule has 1 amide bonds. The summed E-state index contributed by atoms with van der Waals surface area (Å²) >= 11 is 5.85. The van der Waals surface area contributed by atoms with Gasteiger partial charge in [-0.1, -0.05) is 23.7 Å². The SMILES string of the molecule is CC1=NNC(=O)[C@H]1[C@@H](c1ccc(Cl)cc1)C(C#N)C#N. The Hall–Kier alpha value is -2.37. The Morgan fingerprint density at radius 2 is 1.90 bits per heavy atom. The number of halogens is 1. The van der Waals surface area contributed by atoms with Gasteiger partial charge in [-0.25, -0.2) is 5.43 Å². The smallest absolute Gasteiger partial charge is 0.249 e. The zero-order valence-corrected chi connectivity index (χ0v) is 11.4. The minimum Gasteiger partial charge on any atom is -0.272 e. The monoisotopic (exact) mass is 286 g/mol. The first-order valence-corrected chi connectivity index (χ1v) is 6.35. The van der Waals surface area contributed by atoms with Crippen LogP contribution in [-0.4, -0.2) is 11.6 Å². The lowest BCUT2D eigenvalue weighted by Crippen LogP contribution is -2.32. The van der Waals surface area contributed by atoms with Gasteiger partial charge in [0.05, 0.1) is 18.1 Å².